The molecule has 0 fully saturated rings. The van der Waals surface area contributed by atoms with Gasteiger partial charge in [-0.3, -0.25) is 4.99 Å². The Morgan fingerprint density at radius 2 is 1.93 bits per heavy atom. The van der Waals surface area contributed by atoms with Crippen LogP contribution in [0.1, 0.15) is 11.3 Å². The van der Waals surface area contributed by atoms with Gasteiger partial charge in [0.15, 0.2) is 17.5 Å². The summed E-state index contributed by atoms with van der Waals surface area (Å²) in [5.74, 6) is 2.02. The number of fused-ring (bicyclic) bond motifs is 1. The molecule has 3 rings (SSSR count). The van der Waals surface area contributed by atoms with Crippen LogP contribution in [0.5, 0.6) is 11.5 Å². The summed E-state index contributed by atoms with van der Waals surface area (Å²) < 4.78 is 49.2. The van der Waals surface area contributed by atoms with E-state index in [9.17, 15) is 13.2 Å². The highest BCUT2D eigenvalue weighted by Crippen LogP contribution is 2.31. The highest BCUT2D eigenvalue weighted by Gasteiger charge is 2.32. The van der Waals surface area contributed by atoms with E-state index in [1.807, 2.05) is 30.1 Å². The molecule has 2 heterocycles. The smallest absolute Gasteiger partial charge is 0.433 e. The van der Waals surface area contributed by atoms with E-state index < -0.39 is 11.9 Å². The molecule has 30 heavy (non-hydrogen) atoms. The Kier molecular flexibility index (Phi) is 6.80. The number of anilines is 1. The van der Waals surface area contributed by atoms with Crippen LogP contribution in [0.4, 0.5) is 19.1 Å². The summed E-state index contributed by atoms with van der Waals surface area (Å²) in [6, 6.07) is 6.61. The quantitative estimate of drug-likeness (QED) is 0.419. The van der Waals surface area contributed by atoms with Crippen molar-refractivity contribution in [2.24, 2.45) is 4.99 Å². The molecule has 2 N–H and O–H groups in total. The fraction of sp³-hybridized carbons (Fsp3) is 0.421. The minimum absolute atomic E-state index is 0.0776. The zero-order valence-corrected chi connectivity index (χ0v) is 16.7. The van der Waals surface area contributed by atoms with Crippen LogP contribution in [-0.4, -0.2) is 61.2 Å². The first-order valence-electron chi connectivity index (χ1n) is 9.31. The van der Waals surface area contributed by atoms with Gasteiger partial charge in [0.2, 0.25) is 5.95 Å². The summed E-state index contributed by atoms with van der Waals surface area (Å²) in [5.41, 5.74) is 0.0446. The van der Waals surface area contributed by atoms with Crippen LogP contribution in [0, 0.1) is 0 Å². The number of guanidine groups is 1. The second kappa shape index (κ2) is 9.51. The summed E-state index contributed by atoms with van der Waals surface area (Å²) in [5, 5.41) is 5.92. The molecule has 1 aliphatic heterocycles. The fourth-order valence-corrected chi connectivity index (χ4v) is 2.87. The number of nitrogens with one attached hydrogen (secondary N) is 2. The van der Waals surface area contributed by atoms with Crippen molar-refractivity contribution in [3.8, 4) is 11.5 Å². The maximum atomic E-state index is 12.7. The second-order valence-corrected chi connectivity index (χ2v) is 6.50. The Hall–Kier alpha value is -3.24. The van der Waals surface area contributed by atoms with Gasteiger partial charge >= 0.3 is 6.18 Å². The molecule has 1 aliphatic rings. The average Bonchev–Trinajstić information content (AvgIpc) is 2.73. The van der Waals surface area contributed by atoms with E-state index in [2.05, 4.69) is 25.6 Å². The predicted octanol–water partition coefficient (Wildman–Crippen LogP) is 2.39. The Morgan fingerprint density at radius 3 is 2.67 bits per heavy atom. The van der Waals surface area contributed by atoms with Gasteiger partial charge in [0.1, 0.15) is 18.9 Å². The third-order valence-corrected chi connectivity index (χ3v) is 4.24. The zero-order chi connectivity index (χ0) is 21.6. The molecule has 0 spiro atoms. The molecule has 162 valence electrons. The number of hydrogen-bond acceptors (Lipinski definition) is 6. The molecule has 1 aromatic heterocycles. The number of ether oxygens (including phenoxy) is 2. The highest BCUT2D eigenvalue weighted by molar-refractivity contribution is 5.79. The summed E-state index contributed by atoms with van der Waals surface area (Å²) in [6.45, 7) is 2.39. The number of aromatic nitrogens is 2. The van der Waals surface area contributed by atoms with Crippen LogP contribution < -0.4 is 20.1 Å². The summed E-state index contributed by atoms with van der Waals surface area (Å²) in [4.78, 5) is 13.4. The molecular weight excluding hydrogens is 401 g/mol. The van der Waals surface area contributed by atoms with Gasteiger partial charge in [0.25, 0.3) is 0 Å². The van der Waals surface area contributed by atoms with Gasteiger partial charge in [-0.15, -0.1) is 0 Å². The van der Waals surface area contributed by atoms with E-state index in [0.717, 1.165) is 29.3 Å². The molecular formula is C19H23F3N6O2. The summed E-state index contributed by atoms with van der Waals surface area (Å²) in [6.07, 6.45) is -3.43. The molecule has 0 saturated carbocycles. The number of hydrogen-bond donors (Lipinski definition) is 2. The molecule has 0 unspecified atom stereocenters. The molecule has 0 bridgehead atoms. The second-order valence-electron chi connectivity index (χ2n) is 6.50. The van der Waals surface area contributed by atoms with E-state index in [0.29, 0.717) is 38.8 Å². The largest absolute Gasteiger partial charge is 0.486 e. The topological polar surface area (TPSA) is 83.9 Å². The molecule has 11 heteroatoms. The molecule has 0 atom stereocenters. The van der Waals surface area contributed by atoms with Gasteiger partial charge in [-0.2, -0.15) is 13.2 Å². The van der Waals surface area contributed by atoms with Gasteiger partial charge < -0.3 is 25.0 Å². The van der Waals surface area contributed by atoms with Crippen LogP contribution in [0.3, 0.4) is 0 Å². The van der Waals surface area contributed by atoms with Gasteiger partial charge in [0.05, 0.1) is 0 Å². The van der Waals surface area contributed by atoms with E-state index in [4.69, 9.17) is 9.47 Å². The van der Waals surface area contributed by atoms with E-state index >= 15 is 0 Å². The number of aliphatic imine (C=N–C) groups is 1. The maximum Gasteiger partial charge on any atom is 0.433 e. The lowest BCUT2D eigenvalue weighted by Crippen LogP contribution is -2.40. The molecule has 1 aromatic carbocycles. The molecule has 8 nitrogen and oxygen atoms in total. The first-order valence-corrected chi connectivity index (χ1v) is 9.31. The minimum Gasteiger partial charge on any atom is -0.486 e. The van der Waals surface area contributed by atoms with E-state index in [-0.39, 0.29) is 5.95 Å². The van der Waals surface area contributed by atoms with Crippen LogP contribution in [0.15, 0.2) is 35.5 Å². The zero-order valence-electron chi connectivity index (χ0n) is 16.7. The standard InChI is InChI=1S/C19H23F3N6O2/c1-23-18(26-8-7-25-17-24-6-5-16(27-17)19(20,21)22)28(2)12-13-3-4-14-15(11-13)30-10-9-29-14/h3-6,11H,7-10,12H2,1-2H3,(H,23,26)(H,24,25,27). The number of rotatable bonds is 6. The summed E-state index contributed by atoms with van der Waals surface area (Å²) in [7, 11) is 3.54. The van der Waals surface area contributed by atoms with Crippen LogP contribution >= 0.6 is 0 Å². The van der Waals surface area contributed by atoms with Crippen molar-refractivity contribution in [2.45, 2.75) is 12.7 Å². The van der Waals surface area contributed by atoms with E-state index in [1.165, 1.54) is 0 Å². The van der Waals surface area contributed by atoms with E-state index in [1.54, 1.807) is 7.05 Å². The molecule has 0 radical (unpaired) electrons. The van der Waals surface area contributed by atoms with Gasteiger partial charge in [-0.05, 0) is 23.8 Å². The Morgan fingerprint density at radius 1 is 1.17 bits per heavy atom. The minimum atomic E-state index is -4.50. The fourth-order valence-electron chi connectivity index (χ4n) is 2.87. The van der Waals surface area contributed by atoms with Crippen molar-refractivity contribution in [3.05, 3.63) is 41.7 Å². The third kappa shape index (κ3) is 5.65. The van der Waals surface area contributed by atoms with Crippen molar-refractivity contribution in [1.82, 2.24) is 20.2 Å². The van der Waals surface area contributed by atoms with Gasteiger partial charge in [-0.1, -0.05) is 6.07 Å². The number of nitrogens with zero attached hydrogens (tertiary/aromatic N) is 4. The Balaban J connectivity index is 1.48. The van der Waals surface area contributed by atoms with Gasteiger partial charge in [0, 0.05) is 39.9 Å². The lowest BCUT2D eigenvalue weighted by atomic mass is 10.2. The summed E-state index contributed by atoms with van der Waals surface area (Å²) >= 11 is 0. The molecule has 0 saturated heterocycles. The van der Waals surface area contributed by atoms with Gasteiger partial charge in [-0.25, -0.2) is 9.97 Å². The maximum absolute atomic E-state index is 12.7. The number of halogens is 3. The normalized spacial score (nSPS) is 13.7. The molecule has 2 aromatic rings. The first-order chi connectivity index (χ1) is 14.4. The Labute approximate surface area is 172 Å². The number of alkyl halides is 3. The molecule has 0 aliphatic carbocycles. The third-order valence-electron chi connectivity index (χ3n) is 4.24. The van der Waals surface area contributed by atoms with Crippen molar-refractivity contribution in [3.63, 3.8) is 0 Å². The van der Waals surface area contributed by atoms with Crippen molar-refractivity contribution >= 4 is 11.9 Å². The van der Waals surface area contributed by atoms with Crippen LogP contribution in [0.25, 0.3) is 0 Å². The first kappa shape index (κ1) is 21.5. The average molecular weight is 424 g/mol. The SMILES string of the molecule is CN=C(NCCNc1nccc(C(F)(F)F)n1)N(C)Cc1ccc2c(c1)OCCO2. The van der Waals surface area contributed by atoms with Crippen LogP contribution in [0.2, 0.25) is 0 Å². The Bertz CT molecular complexity index is 891. The highest BCUT2D eigenvalue weighted by atomic mass is 19.4. The lowest BCUT2D eigenvalue weighted by molar-refractivity contribution is -0.141. The number of benzene rings is 1. The van der Waals surface area contributed by atoms with Crippen LogP contribution in [-0.2, 0) is 12.7 Å². The predicted molar refractivity (Wildman–Crippen MR) is 106 cm³/mol. The molecule has 0 amide bonds. The lowest BCUT2D eigenvalue weighted by Gasteiger charge is -2.24. The van der Waals surface area contributed by atoms with Crippen molar-refractivity contribution in [2.75, 3.05) is 45.7 Å². The monoisotopic (exact) mass is 424 g/mol. The van der Waals surface area contributed by atoms with Crippen molar-refractivity contribution in [1.29, 1.82) is 0 Å². The van der Waals surface area contributed by atoms with Crippen molar-refractivity contribution < 1.29 is 22.6 Å².